The summed E-state index contributed by atoms with van der Waals surface area (Å²) in [5, 5.41) is 9.57. The van der Waals surface area contributed by atoms with Gasteiger partial charge in [-0.2, -0.15) is 0 Å². The van der Waals surface area contributed by atoms with E-state index in [0.717, 1.165) is 6.54 Å². The third-order valence-electron chi connectivity index (χ3n) is 4.43. The minimum absolute atomic E-state index is 0.245. The number of nitrogens with zero attached hydrogens (tertiary/aromatic N) is 4. The summed E-state index contributed by atoms with van der Waals surface area (Å²) >= 11 is 9.97. The van der Waals surface area contributed by atoms with Crippen molar-refractivity contribution >= 4 is 52.2 Å². The summed E-state index contributed by atoms with van der Waals surface area (Å²) in [4.78, 5) is 18.5. The number of amides is 1. The van der Waals surface area contributed by atoms with E-state index in [1.54, 1.807) is 24.1 Å². The molecule has 2 heterocycles. The lowest BCUT2D eigenvalue weighted by Crippen LogP contribution is -2.35. The van der Waals surface area contributed by atoms with Gasteiger partial charge in [0.2, 0.25) is 0 Å². The fourth-order valence-corrected chi connectivity index (χ4v) is 3.32. The Labute approximate surface area is 161 Å². The Hall–Kier alpha value is -2.20. The highest BCUT2D eigenvalue weighted by molar-refractivity contribution is 7.80. The fraction of sp³-hybridized carbons (Fsp3) is 0.438. The van der Waals surface area contributed by atoms with Crippen molar-refractivity contribution in [2.24, 2.45) is 0 Å². The summed E-state index contributed by atoms with van der Waals surface area (Å²) < 4.78 is 19.9. The molecule has 2 fully saturated rings. The summed E-state index contributed by atoms with van der Waals surface area (Å²) in [6.45, 7) is 1.86. The van der Waals surface area contributed by atoms with Crippen LogP contribution < -0.4 is 9.80 Å². The molecule has 3 rings (SSSR count). The third-order valence-corrected chi connectivity index (χ3v) is 5.27. The number of aliphatic hydroxyl groups excluding tert-OH is 1. The number of halogens is 1. The number of thiocarbonyl (C=S) groups is 2. The van der Waals surface area contributed by atoms with Crippen molar-refractivity contribution in [3.8, 4) is 0 Å². The molecule has 0 bridgehead atoms. The summed E-state index contributed by atoms with van der Waals surface area (Å²) in [7, 11) is 3.47. The minimum atomic E-state index is -0.559. The van der Waals surface area contributed by atoms with Crippen molar-refractivity contribution in [1.82, 2.24) is 9.80 Å². The number of cyclic esters (lactones) is 1. The van der Waals surface area contributed by atoms with Crippen LogP contribution >= 0.6 is 24.4 Å². The number of likely N-dealkylation sites (N-methyl/N-ethyl adjacent to an activating group) is 2. The minimum Gasteiger partial charge on any atom is -0.487 e. The largest absolute Gasteiger partial charge is 0.487 e. The Bertz CT molecular complexity index is 763. The van der Waals surface area contributed by atoms with E-state index in [1.807, 2.05) is 11.9 Å². The van der Waals surface area contributed by atoms with Crippen LogP contribution in [-0.4, -0.2) is 77.7 Å². The quantitative estimate of drug-likeness (QED) is 0.773. The fourth-order valence-electron chi connectivity index (χ4n) is 2.96. The molecule has 1 aromatic rings. The molecule has 10 heteroatoms. The van der Waals surface area contributed by atoms with E-state index in [2.05, 4.69) is 12.2 Å². The second kappa shape index (κ2) is 7.20. The summed E-state index contributed by atoms with van der Waals surface area (Å²) in [5.41, 5.74) is 0.795. The molecule has 0 aromatic heterocycles. The maximum absolute atomic E-state index is 14.6. The first-order valence-electron chi connectivity index (χ1n) is 8.02. The molecule has 140 valence electrons. The molecule has 2 aliphatic heterocycles. The topological polar surface area (TPSA) is 59.5 Å². The Kier molecular flexibility index (Phi) is 5.15. The molecule has 1 aromatic carbocycles. The summed E-state index contributed by atoms with van der Waals surface area (Å²) in [6, 6.07) is 4.59. The molecule has 1 N–H and O–H groups in total. The number of carbonyl (C=O) groups is 1. The maximum atomic E-state index is 14.6. The molecule has 0 unspecified atom stereocenters. The molecule has 0 saturated carbocycles. The number of benzene rings is 1. The first kappa shape index (κ1) is 18.6. The van der Waals surface area contributed by atoms with Crippen LogP contribution in [0.25, 0.3) is 0 Å². The van der Waals surface area contributed by atoms with Gasteiger partial charge >= 0.3 is 6.09 Å². The number of hydrogen-bond donors (Lipinski definition) is 1. The van der Waals surface area contributed by atoms with Gasteiger partial charge in [-0.05, 0) is 42.6 Å². The molecular weight excluding hydrogens is 379 g/mol. The van der Waals surface area contributed by atoms with E-state index >= 15 is 0 Å². The average molecular weight is 398 g/mol. The van der Waals surface area contributed by atoms with Crippen LogP contribution in [0.15, 0.2) is 18.2 Å². The van der Waals surface area contributed by atoms with Crippen LogP contribution in [0.2, 0.25) is 0 Å². The highest BCUT2D eigenvalue weighted by Crippen LogP contribution is 2.29. The zero-order chi connectivity index (χ0) is 19.0. The Morgan fingerprint density at radius 3 is 2.73 bits per heavy atom. The average Bonchev–Trinajstić information content (AvgIpc) is 3.10. The van der Waals surface area contributed by atoms with E-state index < -0.39 is 18.0 Å². The standard InChI is InChI=1S/C16H19FN4O3S2/c1-18-5-6-20(14(18)25)13-4-3-10(7-12(13)17)21-9-11(24-15(21)22)8-19(2)16(23)26/h3-4,7,11H,5-6,8-9H2,1-2H3,(H,23,26)/t11-/m1/s1. The Balaban J connectivity index is 1.74. The normalized spacial score (nSPS) is 20.0. The monoisotopic (exact) mass is 398 g/mol. The number of anilines is 2. The second-order valence-corrected chi connectivity index (χ2v) is 7.00. The van der Waals surface area contributed by atoms with Gasteiger partial charge in [0.05, 0.1) is 24.5 Å². The van der Waals surface area contributed by atoms with Gasteiger partial charge in [0.15, 0.2) is 5.11 Å². The Morgan fingerprint density at radius 1 is 1.42 bits per heavy atom. The van der Waals surface area contributed by atoms with Gasteiger partial charge in [-0.1, -0.05) is 0 Å². The van der Waals surface area contributed by atoms with E-state index in [0.29, 0.717) is 23.0 Å². The zero-order valence-corrected chi connectivity index (χ0v) is 16.0. The lowest BCUT2D eigenvalue weighted by molar-refractivity contribution is 0.127. The smallest absolute Gasteiger partial charge is 0.414 e. The van der Waals surface area contributed by atoms with Crippen molar-refractivity contribution in [2.45, 2.75) is 6.10 Å². The number of rotatable bonds is 4. The number of carbonyl (C=O) groups excluding carboxylic acids is 1. The van der Waals surface area contributed by atoms with Gasteiger partial charge in [-0.25, -0.2) is 9.18 Å². The van der Waals surface area contributed by atoms with Crippen LogP contribution in [0.1, 0.15) is 0 Å². The zero-order valence-electron chi connectivity index (χ0n) is 14.4. The van der Waals surface area contributed by atoms with Crippen LogP contribution in [0.4, 0.5) is 20.6 Å². The predicted molar refractivity (Wildman–Crippen MR) is 104 cm³/mol. The second-order valence-electron chi connectivity index (χ2n) is 6.27. The van der Waals surface area contributed by atoms with Crippen molar-refractivity contribution in [3.05, 3.63) is 24.0 Å². The maximum Gasteiger partial charge on any atom is 0.414 e. The molecule has 2 aliphatic rings. The molecule has 26 heavy (non-hydrogen) atoms. The molecule has 0 radical (unpaired) electrons. The Morgan fingerprint density at radius 2 is 2.15 bits per heavy atom. The van der Waals surface area contributed by atoms with E-state index in [9.17, 15) is 14.3 Å². The molecule has 7 nitrogen and oxygen atoms in total. The lowest BCUT2D eigenvalue weighted by atomic mass is 10.2. The summed E-state index contributed by atoms with van der Waals surface area (Å²) in [5.74, 6) is -0.454. The first-order valence-corrected chi connectivity index (χ1v) is 8.84. The third kappa shape index (κ3) is 3.51. The van der Waals surface area contributed by atoms with Gasteiger partial charge < -0.3 is 24.5 Å². The van der Waals surface area contributed by atoms with Gasteiger partial charge in [0, 0.05) is 27.2 Å². The van der Waals surface area contributed by atoms with Crippen molar-refractivity contribution in [2.75, 3.05) is 50.1 Å². The van der Waals surface area contributed by atoms with E-state index in [-0.39, 0.29) is 18.3 Å². The highest BCUT2D eigenvalue weighted by atomic mass is 32.1. The van der Waals surface area contributed by atoms with Crippen molar-refractivity contribution in [3.63, 3.8) is 0 Å². The van der Waals surface area contributed by atoms with Crippen LogP contribution in [0.5, 0.6) is 0 Å². The lowest BCUT2D eigenvalue weighted by Gasteiger charge is -2.21. The van der Waals surface area contributed by atoms with Crippen LogP contribution in [-0.2, 0) is 4.74 Å². The van der Waals surface area contributed by atoms with Crippen molar-refractivity contribution in [1.29, 1.82) is 0 Å². The first-order chi connectivity index (χ1) is 12.3. The van der Waals surface area contributed by atoms with E-state index in [1.165, 1.54) is 15.9 Å². The molecule has 2 saturated heterocycles. The van der Waals surface area contributed by atoms with Gasteiger partial charge in [0.1, 0.15) is 11.9 Å². The number of hydrogen-bond acceptors (Lipinski definition) is 4. The molecule has 0 aliphatic carbocycles. The van der Waals surface area contributed by atoms with Gasteiger partial charge in [-0.15, -0.1) is 0 Å². The molecule has 0 spiro atoms. The SMILES string of the molecule is CN(C[C@@H]1CN(c2ccc(N3CCN(C)C3=S)c(F)c2)C(=O)O1)C(O)=S. The van der Waals surface area contributed by atoms with Crippen LogP contribution in [0.3, 0.4) is 0 Å². The predicted octanol–water partition coefficient (Wildman–Crippen LogP) is 1.96. The van der Waals surface area contributed by atoms with Gasteiger partial charge in [0.25, 0.3) is 5.17 Å². The molecular formula is C16H19FN4O3S2. The van der Waals surface area contributed by atoms with Gasteiger partial charge in [-0.3, -0.25) is 4.90 Å². The highest BCUT2D eigenvalue weighted by Gasteiger charge is 2.34. The number of aliphatic hydroxyl groups is 1. The summed E-state index contributed by atoms with van der Waals surface area (Å²) in [6.07, 6.45) is -1.03. The molecule has 1 amide bonds. The number of ether oxygens (including phenoxy) is 1. The van der Waals surface area contributed by atoms with E-state index in [4.69, 9.17) is 17.0 Å². The molecule has 1 atom stereocenters. The van der Waals surface area contributed by atoms with Crippen molar-refractivity contribution < 1.29 is 19.0 Å². The van der Waals surface area contributed by atoms with Crippen LogP contribution in [0, 0.1) is 5.82 Å².